The number of hydrogen-bond acceptors (Lipinski definition) is 2. The third-order valence-electron chi connectivity index (χ3n) is 4.73. The average molecular weight is 275 g/mol. The maximum absolute atomic E-state index is 6.29. The molecule has 0 heterocycles. The minimum absolute atomic E-state index is 0.0697. The van der Waals surface area contributed by atoms with Crippen LogP contribution in [0.2, 0.25) is 0 Å². The lowest BCUT2D eigenvalue weighted by molar-refractivity contribution is 0.0188. The molecule has 0 aliphatic heterocycles. The lowest BCUT2D eigenvalue weighted by Crippen LogP contribution is -2.39. The number of ether oxygens (including phenoxy) is 1. The summed E-state index contributed by atoms with van der Waals surface area (Å²) in [5.74, 6) is 2.55. The summed E-state index contributed by atoms with van der Waals surface area (Å²) in [5, 5.41) is 0. The molecular formula is C18H29NO. The highest BCUT2D eigenvalue weighted by atomic mass is 16.5. The van der Waals surface area contributed by atoms with Gasteiger partial charge in [-0.2, -0.15) is 0 Å². The predicted octanol–water partition coefficient (Wildman–Crippen LogP) is 4.74. The number of anilines is 1. The second kappa shape index (κ2) is 6.07. The molecule has 1 aliphatic rings. The molecule has 2 heteroatoms. The minimum Gasteiger partial charge on any atom is -0.488 e. The van der Waals surface area contributed by atoms with Gasteiger partial charge in [-0.25, -0.2) is 0 Å². The lowest BCUT2D eigenvalue weighted by atomic mass is 9.75. The Hall–Kier alpha value is -1.18. The average Bonchev–Trinajstić information content (AvgIpc) is 2.39. The van der Waals surface area contributed by atoms with Gasteiger partial charge in [-0.1, -0.05) is 19.8 Å². The molecule has 1 saturated carbocycles. The zero-order chi connectivity index (χ0) is 14.8. The molecule has 2 nitrogen and oxygen atoms in total. The molecule has 0 bridgehead atoms. The molecule has 20 heavy (non-hydrogen) atoms. The van der Waals surface area contributed by atoms with Crippen molar-refractivity contribution in [3.05, 3.63) is 24.3 Å². The second-order valence-corrected chi connectivity index (χ2v) is 7.05. The summed E-state index contributed by atoms with van der Waals surface area (Å²) in [5.41, 5.74) is 1.14. The van der Waals surface area contributed by atoms with Gasteiger partial charge in [0.25, 0.3) is 0 Å². The summed E-state index contributed by atoms with van der Waals surface area (Å²) in [7, 11) is 4.12. The van der Waals surface area contributed by atoms with Crippen molar-refractivity contribution in [1.29, 1.82) is 0 Å². The van der Waals surface area contributed by atoms with Crippen molar-refractivity contribution in [2.45, 2.75) is 52.1 Å². The minimum atomic E-state index is -0.0697. The van der Waals surface area contributed by atoms with Gasteiger partial charge in [-0.15, -0.1) is 0 Å². The van der Waals surface area contributed by atoms with Gasteiger partial charge >= 0.3 is 0 Å². The smallest absolute Gasteiger partial charge is 0.120 e. The van der Waals surface area contributed by atoms with Crippen LogP contribution in [0.4, 0.5) is 5.69 Å². The fourth-order valence-corrected chi connectivity index (χ4v) is 3.15. The third-order valence-corrected chi connectivity index (χ3v) is 4.73. The van der Waals surface area contributed by atoms with E-state index >= 15 is 0 Å². The van der Waals surface area contributed by atoms with E-state index in [-0.39, 0.29) is 5.60 Å². The Kier molecular flexibility index (Phi) is 4.62. The molecular weight excluding hydrogens is 246 g/mol. The standard InChI is InChI=1S/C18H29NO/c1-14-6-8-15(9-7-14)18(2,3)20-17-12-10-16(11-13-17)19(4)5/h10-15H,6-9H2,1-5H3. The van der Waals surface area contributed by atoms with Crippen molar-refractivity contribution in [2.75, 3.05) is 19.0 Å². The summed E-state index contributed by atoms with van der Waals surface area (Å²) in [4.78, 5) is 2.11. The van der Waals surface area contributed by atoms with Crippen LogP contribution in [0.3, 0.4) is 0 Å². The van der Waals surface area contributed by atoms with Crippen LogP contribution in [-0.4, -0.2) is 19.7 Å². The lowest BCUT2D eigenvalue weighted by Gasteiger charge is -2.38. The van der Waals surface area contributed by atoms with Crippen LogP contribution in [0.15, 0.2) is 24.3 Å². The van der Waals surface area contributed by atoms with Crippen molar-refractivity contribution in [3.63, 3.8) is 0 Å². The van der Waals surface area contributed by atoms with Gasteiger partial charge in [0.2, 0.25) is 0 Å². The van der Waals surface area contributed by atoms with E-state index in [1.165, 1.54) is 31.4 Å². The topological polar surface area (TPSA) is 12.5 Å². The normalized spacial score (nSPS) is 23.4. The molecule has 0 atom stereocenters. The SMILES string of the molecule is CC1CCC(C(C)(C)Oc2ccc(N(C)C)cc2)CC1. The first kappa shape index (κ1) is 15.2. The van der Waals surface area contributed by atoms with Crippen LogP contribution < -0.4 is 9.64 Å². The molecule has 1 aromatic rings. The summed E-state index contributed by atoms with van der Waals surface area (Å²) in [6.07, 6.45) is 5.28. The van der Waals surface area contributed by atoms with Crippen LogP contribution in [0.5, 0.6) is 5.75 Å². The van der Waals surface area contributed by atoms with Crippen LogP contribution >= 0.6 is 0 Å². The van der Waals surface area contributed by atoms with Gasteiger partial charge in [0, 0.05) is 19.8 Å². The van der Waals surface area contributed by atoms with Gasteiger partial charge in [-0.3, -0.25) is 0 Å². The Morgan fingerprint density at radius 2 is 1.55 bits per heavy atom. The van der Waals surface area contributed by atoms with E-state index in [0.29, 0.717) is 5.92 Å². The summed E-state index contributed by atoms with van der Waals surface area (Å²) in [6, 6.07) is 8.41. The maximum Gasteiger partial charge on any atom is 0.120 e. The van der Waals surface area contributed by atoms with E-state index in [1.807, 2.05) is 0 Å². The molecule has 0 saturated heterocycles. The molecule has 1 aliphatic carbocycles. The fourth-order valence-electron chi connectivity index (χ4n) is 3.15. The Labute approximate surface area is 124 Å². The third kappa shape index (κ3) is 3.68. The maximum atomic E-state index is 6.29. The molecule has 1 aromatic carbocycles. The predicted molar refractivity (Wildman–Crippen MR) is 86.6 cm³/mol. The fraction of sp³-hybridized carbons (Fsp3) is 0.667. The van der Waals surface area contributed by atoms with E-state index in [9.17, 15) is 0 Å². The van der Waals surface area contributed by atoms with Gasteiger partial charge < -0.3 is 9.64 Å². The van der Waals surface area contributed by atoms with Crippen LogP contribution in [-0.2, 0) is 0 Å². The van der Waals surface area contributed by atoms with Gasteiger partial charge in [0.1, 0.15) is 11.4 Å². The second-order valence-electron chi connectivity index (χ2n) is 7.05. The molecule has 0 aromatic heterocycles. The molecule has 2 rings (SSSR count). The highest BCUT2D eigenvalue weighted by molar-refractivity contribution is 5.47. The quantitative estimate of drug-likeness (QED) is 0.787. The van der Waals surface area contributed by atoms with Gasteiger partial charge in [-0.05, 0) is 62.8 Å². The molecule has 1 fully saturated rings. The Morgan fingerprint density at radius 3 is 2.05 bits per heavy atom. The number of rotatable bonds is 4. The van der Waals surface area contributed by atoms with Crippen molar-refractivity contribution in [1.82, 2.24) is 0 Å². The summed E-state index contributed by atoms with van der Waals surface area (Å²) >= 11 is 0. The van der Waals surface area contributed by atoms with Crippen molar-refractivity contribution in [2.24, 2.45) is 11.8 Å². The molecule has 112 valence electrons. The highest BCUT2D eigenvalue weighted by Gasteiger charge is 2.34. The zero-order valence-corrected chi connectivity index (χ0v) is 13.6. The molecule has 0 radical (unpaired) electrons. The number of nitrogens with zero attached hydrogens (tertiary/aromatic N) is 1. The molecule has 0 N–H and O–H groups in total. The first-order chi connectivity index (χ1) is 9.38. The van der Waals surface area contributed by atoms with E-state index in [4.69, 9.17) is 4.74 Å². The highest BCUT2D eigenvalue weighted by Crippen LogP contribution is 2.37. The van der Waals surface area contributed by atoms with Crippen molar-refractivity contribution >= 4 is 5.69 Å². The van der Waals surface area contributed by atoms with Crippen molar-refractivity contribution < 1.29 is 4.74 Å². The molecule has 0 spiro atoms. The van der Waals surface area contributed by atoms with E-state index < -0.39 is 0 Å². The summed E-state index contributed by atoms with van der Waals surface area (Å²) < 4.78 is 6.29. The Bertz CT molecular complexity index is 414. The van der Waals surface area contributed by atoms with Crippen LogP contribution in [0.25, 0.3) is 0 Å². The van der Waals surface area contributed by atoms with E-state index in [1.54, 1.807) is 0 Å². The molecule has 0 unspecified atom stereocenters. The summed E-state index contributed by atoms with van der Waals surface area (Å²) in [6.45, 7) is 6.85. The van der Waals surface area contributed by atoms with Gasteiger partial charge in [0.15, 0.2) is 0 Å². The largest absolute Gasteiger partial charge is 0.488 e. The number of benzene rings is 1. The van der Waals surface area contributed by atoms with Gasteiger partial charge in [0.05, 0.1) is 0 Å². The van der Waals surface area contributed by atoms with E-state index in [0.717, 1.165) is 11.7 Å². The van der Waals surface area contributed by atoms with Crippen LogP contribution in [0, 0.1) is 11.8 Å². The zero-order valence-electron chi connectivity index (χ0n) is 13.6. The van der Waals surface area contributed by atoms with Crippen LogP contribution in [0.1, 0.15) is 46.5 Å². The molecule has 0 amide bonds. The monoisotopic (exact) mass is 275 g/mol. The Morgan fingerprint density at radius 1 is 1.00 bits per heavy atom. The van der Waals surface area contributed by atoms with E-state index in [2.05, 4.69) is 64.0 Å². The van der Waals surface area contributed by atoms with Crippen molar-refractivity contribution in [3.8, 4) is 5.75 Å². The number of hydrogen-bond donors (Lipinski definition) is 0. The first-order valence-corrected chi connectivity index (χ1v) is 7.85. The first-order valence-electron chi connectivity index (χ1n) is 7.85. The Balaban J connectivity index is 2.00.